The number of nitrogens with zero attached hydrogens (tertiary/aromatic N) is 1. The zero-order chi connectivity index (χ0) is 9.90. The molecule has 0 spiro atoms. The SMILES string of the molecule is CC[N+](C)(CC)c1ccc(Br)cc1.[Br-]. The smallest absolute Gasteiger partial charge is 0.132 e. The van der Waals surface area contributed by atoms with Gasteiger partial charge >= 0.3 is 0 Å². The van der Waals surface area contributed by atoms with Crippen LogP contribution in [0.4, 0.5) is 5.69 Å². The van der Waals surface area contributed by atoms with Crippen molar-refractivity contribution in [2.24, 2.45) is 0 Å². The standard InChI is InChI=1S/C11H17BrN.BrH/c1-4-13(3,5-2)11-8-6-10(12)7-9-11;/h6-9H,4-5H2,1-3H3;1H/q+1;/p-1. The van der Waals surface area contributed by atoms with Crippen molar-refractivity contribution in [1.82, 2.24) is 4.48 Å². The Hall–Kier alpha value is 0.140. The molecule has 0 N–H and O–H groups in total. The second-order valence-electron chi connectivity index (χ2n) is 3.50. The molecule has 3 heteroatoms. The van der Waals surface area contributed by atoms with Crippen LogP contribution in [0.15, 0.2) is 28.7 Å². The van der Waals surface area contributed by atoms with Gasteiger partial charge in [-0.3, -0.25) is 4.48 Å². The Morgan fingerprint density at radius 3 is 1.86 bits per heavy atom. The molecule has 0 aromatic heterocycles. The highest BCUT2D eigenvalue weighted by Gasteiger charge is 2.19. The molecule has 0 radical (unpaired) electrons. The van der Waals surface area contributed by atoms with Gasteiger partial charge in [0.1, 0.15) is 5.69 Å². The average molecular weight is 323 g/mol. The molecule has 0 heterocycles. The van der Waals surface area contributed by atoms with Crippen LogP contribution >= 0.6 is 15.9 Å². The number of halogens is 2. The average Bonchev–Trinajstić information content (AvgIpc) is 2.18. The molecule has 1 aromatic rings. The van der Waals surface area contributed by atoms with Crippen molar-refractivity contribution >= 4 is 21.6 Å². The first-order valence-electron chi connectivity index (χ1n) is 4.73. The Morgan fingerprint density at radius 2 is 1.50 bits per heavy atom. The third-order valence-corrected chi connectivity index (χ3v) is 3.37. The van der Waals surface area contributed by atoms with E-state index in [1.54, 1.807) is 0 Å². The van der Waals surface area contributed by atoms with Crippen molar-refractivity contribution in [1.29, 1.82) is 0 Å². The van der Waals surface area contributed by atoms with Gasteiger partial charge in [-0.05, 0) is 26.0 Å². The monoisotopic (exact) mass is 321 g/mol. The third-order valence-electron chi connectivity index (χ3n) is 2.85. The van der Waals surface area contributed by atoms with E-state index in [2.05, 4.69) is 61.1 Å². The molecule has 1 nitrogen and oxygen atoms in total. The number of benzene rings is 1. The lowest BCUT2D eigenvalue weighted by atomic mass is 10.2. The van der Waals surface area contributed by atoms with Gasteiger partial charge in [-0.2, -0.15) is 0 Å². The van der Waals surface area contributed by atoms with Crippen LogP contribution in [0.2, 0.25) is 0 Å². The lowest BCUT2D eigenvalue weighted by Gasteiger charge is -2.31. The van der Waals surface area contributed by atoms with Gasteiger partial charge in [0.15, 0.2) is 0 Å². The van der Waals surface area contributed by atoms with E-state index in [1.165, 1.54) is 5.69 Å². The molecule has 0 aliphatic rings. The minimum Gasteiger partial charge on any atom is -1.00 e. The maximum atomic E-state index is 3.45. The minimum atomic E-state index is 0. The second kappa shape index (κ2) is 5.89. The van der Waals surface area contributed by atoms with Crippen molar-refractivity contribution < 1.29 is 17.0 Å². The summed E-state index contributed by atoms with van der Waals surface area (Å²) in [6.07, 6.45) is 0. The van der Waals surface area contributed by atoms with E-state index < -0.39 is 0 Å². The van der Waals surface area contributed by atoms with Gasteiger partial charge in [0, 0.05) is 16.6 Å². The summed E-state index contributed by atoms with van der Waals surface area (Å²) >= 11 is 3.45. The van der Waals surface area contributed by atoms with Crippen LogP contribution in [-0.2, 0) is 0 Å². The molecule has 0 saturated carbocycles. The third kappa shape index (κ3) is 3.07. The van der Waals surface area contributed by atoms with Crippen molar-refractivity contribution in [3.63, 3.8) is 0 Å². The summed E-state index contributed by atoms with van der Waals surface area (Å²) in [7, 11) is 2.27. The quantitative estimate of drug-likeness (QED) is 0.708. The summed E-state index contributed by atoms with van der Waals surface area (Å²) in [6, 6.07) is 8.60. The van der Waals surface area contributed by atoms with E-state index in [-0.39, 0.29) is 17.0 Å². The highest BCUT2D eigenvalue weighted by atomic mass is 79.9. The zero-order valence-corrected chi connectivity index (χ0v) is 12.1. The van der Waals surface area contributed by atoms with E-state index >= 15 is 0 Å². The van der Waals surface area contributed by atoms with Gasteiger partial charge in [-0.15, -0.1) is 0 Å². The van der Waals surface area contributed by atoms with Crippen LogP contribution in [-0.4, -0.2) is 20.1 Å². The van der Waals surface area contributed by atoms with Gasteiger partial charge in [0.05, 0.1) is 20.1 Å². The summed E-state index contributed by atoms with van der Waals surface area (Å²) in [4.78, 5) is 0. The second-order valence-corrected chi connectivity index (χ2v) is 4.42. The normalized spacial score (nSPS) is 10.9. The molecule has 0 aliphatic heterocycles. The van der Waals surface area contributed by atoms with Gasteiger partial charge in [-0.1, -0.05) is 15.9 Å². The first-order chi connectivity index (χ1) is 6.12. The molecule has 0 aliphatic carbocycles. The molecule has 0 atom stereocenters. The Balaban J connectivity index is 0.00000169. The molecule has 80 valence electrons. The van der Waals surface area contributed by atoms with E-state index in [1.807, 2.05) is 0 Å². The summed E-state index contributed by atoms with van der Waals surface area (Å²) in [5, 5.41) is 0. The molecule has 0 saturated heterocycles. The fraction of sp³-hybridized carbons (Fsp3) is 0.455. The van der Waals surface area contributed by atoms with E-state index in [4.69, 9.17) is 0 Å². The molecule has 0 unspecified atom stereocenters. The lowest BCUT2D eigenvalue weighted by molar-refractivity contribution is -0.00000272. The maximum Gasteiger partial charge on any atom is 0.132 e. The largest absolute Gasteiger partial charge is 1.00 e. The van der Waals surface area contributed by atoms with Crippen LogP contribution in [0.5, 0.6) is 0 Å². The van der Waals surface area contributed by atoms with Crippen molar-refractivity contribution in [2.75, 3.05) is 20.1 Å². The number of hydrogen-bond donors (Lipinski definition) is 0. The van der Waals surface area contributed by atoms with E-state index in [0.717, 1.165) is 22.0 Å². The molecular weight excluding hydrogens is 306 g/mol. The fourth-order valence-electron chi connectivity index (χ4n) is 1.39. The van der Waals surface area contributed by atoms with Crippen LogP contribution in [0.3, 0.4) is 0 Å². The molecule has 0 fully saturated rings. The predicted octanol–water partition coefficient (Wildman–Crippen LogP) is 0.430. The van der Waals surface area contributed by atoms with Gasteiger partial charge in [0.25, 0.3) is 0 Å². The number of hydrogen-bond acceptors (Lipinski definition) is 0. The van der Waals surface area contributed by atoms with Gasteiger partial charge in [0.2, 0.25) is 0 Å². The molecule has 0 bridgehead atoms. The van der Waals surface area contributed by atoms with Crippen LogP contribution < -0.4 is 21.5 Å². The van der Waals surface area contributed by atoms with Gasteiger partial charge in [-0.25, -0.2) is 0 Å². The van der Waals surface area contributed by atoms with Crippen molar-refractivity contribution in [3.8, 4) is 0 Å². The highest BCUT2D eigenvalue weighted by molar-refractivity contribution is 9.10. The lowest BCUT2D eigenvalue weighted by Crippen LogP contribution is -3.00. The summed E-state index contributed by atoms with van der Waals surface area (Å²) in [5.74, 6) is 0. The molecule has 1 rings (SSSR count). The number of quaternary nitrogens is 1. The van der Waals surface area contributed by atoms with Crippen LogP contribution in [0.25, 0.3) is 0 Å². The predicted molar refractivity (Wildman–Crippen MR) is 62.9 cm³/mol. The molecule has 0 amide bonds. The topological polar surface area (TPSA) is 0 Å². The molecule has 1 aromatic carbocycles. The minimum absolute atomic E-state index is 0. The Bertz CT molecular complexity index is 265. The fourth-order valence-corrected chi connectivity index (χ4v) is 1.65. The summed E-state index contributed by atoms with van der Waals surface area (Å²) in [5.41, 5.74) is 1.38. The van der Waals surface area contributed by atoms with Crippen molar-refractivity contribution in [3.05, 3.63) is 28.7 Å². The summed E-state index contributed by atoms with van der Waals surface area (Å²) in [6.45, 7) is 6.73. The van der Waals surface area contributed by atoms with Gasteiger partial charge < -0.3 is 17.0 Å². The van der Waals surface area contributed by atoms with E-state index in [9.17, 15) is 0 Å². The number of rotatable bonds is 3. The maximum absolute atomic E-state index is 3.45. The zero-order valence-electron chi connectivity index (χ0n) is 8.93. The Kier molecular flexibility index (Phi) is 5.94. The van der Waals surface area contributed by atoms with Crippen LogP contribution in [0.1, 0.15) is 13.8 Å². The van der Waals surface area contributed by atoms with Crippen molar-refractivity contribution in [2.45, 2.75) is 13.8 Å². The first kappa shape index (κ1) is 14.1. The van der Waals surface area contributed by atoms with Crippen LogP contribution in [0, 0.1) is 0 Å². The molecule has 14 heavy (non-hydrogen) atoms. The van der Waals surface area contributed by atoms with E-state index in [0.29, 0.717) is 0 Å². The highest BCUT2D eigenvalue weighted by Crippen LogP contribution is 2.22. The Morgan fingerprint density at radius 1 is 1.07 bits per heavy atom. The Labute approximate surface area is 106 Å². The summed E-state index contributed by atoms with van der Waals surface area (Å²) < 4.78 is 2.16. The first-order valence-corrected chi connectivity index (χ1v) is 5.52. The molecular formula is C11H17Br2N.